The van der Waals surface area contributed by atoms with Gasteiger partial charge in [-0.15, -0.1) is 11.3 Å². The van der Waals surface area contributed by atoms with Crippen molar-refractivity contribution in [1.82, 2.24) is 9.97 Å². The molecule has 0 amide bonds. The maximum atomic E-state index is 10.3. The molecule has 0 radical (unpaired) electrons. The number of aliphatic hydroxyl groups is 1. The first-order valence-corrected chi connectivity index (χ1v) is 11.2. The number of aliphatic hydroxyl groups excluding tert-OH is 1. The van der Waals surface area contributed by atoms with Crippen molar-refractivity contribution in [3.05, 3.63) is 53.7 Å². The summed E-state index contributed by atoms with van der Waals surface area (Å²) in [6.45, 7) is 0. The Morgan fingerprint density at radius 1 is 1.10 bits per heavy atom. The SMILES string of the molecule is COc1cccc2c(Oc3ccc4nc(C[C@@H]5CCCC[C@H]5O)sc4c3)ccnc12. The second-order valence-corrected chi connectivity index (χ2v) is 8.94. The number of methoxy groups -OCH3 is 1. The van der Waals surface area contributed by atoms with Crippen molar-refractivity contribution >= 4 is 32.5 Å². The maximum Gasteiger partial charge on any atom is 0.145 e. The van der Waals surface area contributed by atoms with Gasteiger partial charge in [0.15, 0.2) is 0 Å². The molecule has 0 saturated heterocycles. The quantitative estimate of drug-likeness (QED) is 0.446. The van der Waals surface area contributed by atoms with E-state index in [1.54, 1.807) is 24.6 Å². The van der Waals surface area contributed by atoms with Crippen molar-refractivity contribution in [2.75, 3.05) is 7.11 Å². The first kappa shape index (κ1) is 19.3. The van der Waals surface area contributed by atoms with Crippen LogP contribution in [-0.2, 0) is 6.42 Å². The number of fused-ring (bicyclic) bond motifs is 2. The lowest BCUT2D eigenvalue weighted by Gasteiger charge is -2.26. The van der Waals surface area contributed by atoms with Gasteiger partial charge in [-0.1, -0.05) is 18.9 Å². The molecular formula is C24H24N2O3S. The Bertz CT molecular complexity index is 1190. The van der Waals surface area contributed by atoms with E-state index in [2.05, 4.69) is 4.98 Å². The third-order valence-electron chi connectivity index (χ3n) is 5.85. The topological polar surface area (TPSA) is 64.5 Å². The molecule has 2 aromatic carbocycles. The number of rotatable bonds is 5. The molecule has 5 nitrogen and oxygen atoms in total. The molecule has 1 fully saturated rings. The third-order valence-corrected chi connectivity index (χ3v) is 6.89. The standard InChI is InChI=1S/C24H24N2O3S/c1-28-21-8-4-6-17-20(11-12-25-24(17)21)29-16-9-10-18-22(14-16)30-23(26-18)13-15-5-2-3-7-19(15)27/h4,6,8-12,14-15,19,27H,2-3,5,7,13H2,1H3/t15-,19+/m0/s1. The van der Waals surface area contributed by atoms with Gasteiger partial charge in [0, 0.05) is 24.1 Å². The molecule has 1 aliphatic rings. The highest BCUT2D eigenvalue weighted by Crippen LogP contribution is 2.36. The monoisotopic (exact) mass is 420 g/mol. The fraction of sp³-hybridized carbons (Fsp3) is 0.333. The molecule has 1 aliphatic carbocycles. The highest BCUT2D eigenvalue weighted by molar-refractivity contribution is 7.18. The van der Waals surface area contributed by atoms with Gasteiger partial charge in [0.05, 0.1) is 28.4 Å². The summed E-state index contributed by atoms with van der Waals surface area (Å²) in [5.41, 5.74) is 1.76. The zero-order valence-corrected chi connectivity index (χ0v) is 17.7. The van der Waals surface area contributed by atoms with E-state index < -0.39 is 0 Å². The summed E-state index contributed by atoms with van der Waals surface area (Å²) in [4.78, 5) is 9.22. The molecule has 4 aromatic rings. The van der Waals surface area contributed by atoms with Crippen LogP contribution in [0.5, 0.6) is 17.2 Å². The number of hydrogen-bond acceptors (Lipinski definition) is 6. The van der Waals surface area contributed by atoms with E-state index in [1.807, 2.05) is 42.5 Å². The fourth-order valence-corrected chi connectivity index (χ4v) is 5.35. The van der Waals surface area contributed by atoms with Crippen LogP contribution in [0.25, 0.3) is 21.1 Å². The molecule has 0 unspecified atom stereocenters. The highest BCUT2D eigenvalue weighted by atomic mass is 32.1. The summed E-state index contributed by atoms with van der Waals surface area (Å²) < 4.78 is 12.7. The average Bonchev–Trinajstić information content (AvgIpc) is 3.17. The van der Waals surface area contributed by atoms with Gasteiger partial charge in [-0.05, 0) is 49.1 Å². The van der Waals surface area contributed by atoms with E-state index in [4.69, 9.17) is 14.5 Å². The zero-order chi connectivity index (χ0) is 20.5. The number of benzene rings is 2. The van der Waals surface area contributed by atoms with Crippen molar-refractivity contribution in [3.63, 3.8) is 0 Å². The molecule has 0 aliphatic heterocycles. The predicted molar refractivity (Wildman–Crippen MR) is 120 cm³/mol. The van der Waals surface area contributed by atoms with Crippen LogP contribution in [0.1, 0.15) is 30.7 Å². The van der Waals surface area contributed by atoms with Crippen LogP contribution in [0.15, 0.2) is 48.7 Å². The molecule has 0 spiro atoms. The van der Waals surface area contributed by atoms with Crippen LogP contribution in [0.4, 0.5) is 0 Å². The van der Waals surface area contributed by atoms with E-state index in [0.717, 1.165) is 69.1 Å². The van der Waals surface area contributed by atoms with Gasteiger partial charge < -0.3 is 14.6 Å². The smallest absolute Gasteiger partial charge is 0.145 e. The second kappa shape index (κ2) is 8.20. The van der Waals surface area contributed by atoms with Crippen molar-refractivity contribution in [2.45, 2.75) is 38.2 Å². The second-order valence-electron chi connectivity index (χ2n) is 7.82. The summed E-state index contributed by atoms with van der Waals surface area (Å²) in [7, 11) is 1.64. The molecule has 30 heavy (non-hydrogen) atoms. The Labute approximate surface area is 179 Å². The summed E-state index contributed by atoms with van der Waals surface area (Å²) >= 11 is 1.69. The number of nitrogens with zero attached hydrogens (tertiary/aromatic N) is 2. The first-order chi connectivity index (χ1) is 14.7. The summed E-state index contributed by atoms with van der Waals surface area (Å²) in [6.07, 6.45) is 6.73. The fourth-order valence-electron chi connectivity index (χ4n) is 4.26. The molecule has 5 rings (SSSR count). The Kier molecular flexibility index (Phi) is 5.27. The lowest BCUT2D eigenvalue weighted by Crippen LogP contribution is -2.26. The van der Waals surface area contributed by atoms with Crippen LogP contribution in [0.3, 0.4) is 0 Å². The van der Waals surface area contributed by atoms with E-state index in [0.29, 0.717) is 5.92 Å². The van der Waals surface area contributed by atoms with Crippen molar-refractivity contribution in [3.8, 4) is 17.2 Å². The maximum absolute atomic E-state index is 10.3. The van der Waals surface area contributed by atoms with Gasteiger partial charge in [0.25, 0.3) is 0 Å². The van der Waals surface area contributed by atoms with Crippen molar-refractivity contribution in [2.24, 2.45) is 5.92 Å². The number of para-hydroxylation sites is 1. The van der Waals surface area contributed by atoms with Gasteiger partial charge in [0.1, 0.15) is 22.8 Å². The number of thiazole rings is 1. The van der Waals surface area contributed by atoms with Crippen LogP contribution < -0.4 is 9.47 Å². The number of pyridine rings is 1. The van der Waals surface area contributed by atoms with Crippen molar-refractivity contribution in [1.29, 1.82) is 0 Å². The lowest BCUT2D eigenvalue weighted by molar-refractivity contribution is 0.0700. The van der Waals surface area contributed by atoms with Gasteiger partial charge in [-0.25, -0.2) is 4.98 Å². The van der Waals surface area contributed by atoms with E-state index >= 15 is 0 Å². The Balaban J connectivity index is 1.41. The minimum absolute atomic E-state index is 0.193. The Morgan fingerprint density at radius 2 is 2.00 bits per heavy atom. The van der Waals surface area contributed by atoms with Gasteiger partial charge >= 0.3 is 0 Å². The molecule has 0 bridgehead atoms. The normalized spacial score (nSPS) is 19.3. The highest BCUT2D eigenvalue weighted by Gasteiger charge is 2.24. The first-order valence-electron chi connectivity index (χ1n) is 10.4. The van der Waals surface area contributed by atoms with E-state index in [9.17, 15) is 5.11 Å². The Hall–Kier alpha value is -2.70. The molecule has 6 heteroatoms. The molecular weight excluding hydrogens is 396 g/mol. The number of ether oxygens (including phenoxy) is 2. The number of hydrogen-bond donors (Lipinski definition) is 1. The largest absolute Gasteiger partial charge is 0.494 e. The summed E-state index contributed by atoms with van der Waals surface area (Å²) in [5, 5.41) is 12.3. The molecule has 2 atom stereocenters. The van der Waals surface area contributed by atoms with Crippen LogP contribution in [-0.4, -0.2) is 28.3 Å². The van der Waals surface area contributed by atoms with E-state index in [1.165, 1.54) is 6.42 Å². The van der Waals surface area contributed by atoms with Crippen LogP contribution in [0, 0.1) is 5.92 Å². The Morgan fingerprint density at radius 3 is 2.87 bits per heavy atom. The summed E-state index contributed by atoms with van der Waals surface area (Å²) in [6, 6.07) is 13.7. The minimum Gasteiger partial charge on any atom is -0.494 e. The molecule has 154 valence electrons. The molecule has 2 heterocycles. The number of aromatic nitrogens is 2. The van der Waals surface area contributed by atoms with Gasteiger partial charge in [-0.2, -0.15) is 0 Å². The third kappa shape index (κ3) is 3.73. The van der Waals surface area contributed by atoms with Gasteiger partial charge in [0.2, 0.25) is 0 Å². The van der Waals surface area contributed by atoms with Crippen LogP contribution in [0.2, 0.25) is 0 Å². The lowest BCUT2D eigenvalue weighted by atomic mass is 9.84. The van der Waals surface area contributed by atoms with Crippen molar-refractivity contribution < 1.29 is 14.6 Å². The minimum atomic E-state index is -0.193. The molecule has 1 saturated carbocycles. The zero-order valence-electron chi connectivity index (χ0n) is 16.9. The average molecular weight is 421 g/mol. The molecule has 1 N–H and O–H groups in total. The predicted octanol–water partition coefficient (Wildman–Crippen LogP) is 5.74. The van der Waals surface area contributed by atoms with Crippen LogP contribution >= 0.6 is 11.3 Å². The van der Waals surface area contributed by atoms with E-state index in [-0.39, 0.29) is 6.10 Å². The van der Waals surface area contributed by atoms with Gasteiger partial charge in [-0.3, -0.25) is 4.98 Å². The summed E-state index contributed by atoms with van der Waals surface area (Å²) in [5.74, 6) is 2.57. The molecule has 2 aromatic heterocycles.